The highest BCUT2D eigenvalue weighted by atomic mass is 32.2. The normalized spacial score (nSPS) is 28.9. The molecule has 0 amide bonds. The Labute approximate surface area is 164 Å². The van der Waals surface area contributed by atoms with Crippen molar-refractivity contribution in [3.63, 3.8) is 0 Å². The second-order valence-corrected chi connectivity index (χ2v) is 11.0. The van der Waals surface area contributed by atoms with Crippen LogP contribution in [-0.2, 0) is 17.4 Å². The predicted molar refractivity (Wildman–Crippen MR) is 107 cm³/mol. The number of halogens is 1. The molecule has 4 nitrogen and oxygen atoms in total. The van der Waals surface area contributed by atoms with Crippen molar-refractivity contribution in [3.8, 4) is 5.75 Å². The quantitative estimate of drug-likeness (QED) is 0.714. The van der Waals surface area contributed by atoms with Gasteiger partial charge in [0, 0.05) is 6.42 Å². The van der Waals surface area contributed by atoms with E-state index in [0.29, 0.717) is 13.0 Å². The third-order valence-electron chi connectivity index (χ3n) is 5.86. The molecule has 0 heterocycles. The van der Waals surface area contributed by atoms with E-state index in [9.17, 15) is 13.7 Å². The first-order valence-electron chi connectivity index (χ1n) is 9.93. The number of ether oxygens (including phenoxy) is 1. The van der Waals surface area contributed by atoms with E-state index in [1.165, 1.54) is 5.56 Å². The second-order valence-electron chi connectivity index (χ2n) is 8.95. The molecule has 2 unspecified atom stereocenters. The van der Waals surface area contributed by atoms with Crippen LogP contribution in [-0.4, -0.2) is 33.4 Å². The number of nitrogens with one attached hydrogen (secondary N) is 1. The standard InChI is InChI=1S/C21H32FNO3S/c1-20(2,3)27(25)23-19-18-13-17(26-12-4-11-22)6-5-15(18)14-21(19)9-7-16(24)8-10-21/h5-6,13,16,19,23-24H,4,7-12,14H2,1-3H3. The van der Waals surface area contributed by atoms with Gasteiger partial charge < -0.3 is 9.84 Å². The number of alkyl halides is 1. The van der Waals surface area contributed by atoms with Crippen LogP contribution in [0.1, 0.15) is 70.0 Å². The maximum Gasteiger partial charge on any atom is 0.119 e. The molecule has 1 aromatic carbocycles. The van der Waals surface area contributed by atoms with Gasteiger partial charge in [0.15, 0.2) is 0 Å². The minimum atomic E-state index is -1.19. The molecule has 2 N–H and O–H groups in total. The van der Waals surface area contributed by atoms with Crippen LogP contribution >= 0.6 is 0 Å². The van der Waals surface area contributed by atoms with Crippen molar-refractivity contribution in [1.82, 2.24) is 4.72 Å². The van der Waals surface area contributed by atoms with Crippen LogP contribution in [0, 0.1) is 5.41 Å². The van der Waals surface area contributed by atoms with Crippen molar-refractivity contribution in [2.75, 3.05) is 13.3 Å². The number of rotatable bonds is 6. The molecule has 0 bridgehead atoms. The summed E-state index contributed by atoms with van der Waals surface area (Å²) in [4.78, 5) is 0. The minimum absolute atomic E-state index is 0.0139. The molecular weight excluding hydrogens is 365 g/mol. The zero-order valence-corrected chi connectivity index (χ0v) is 17.4. The Morgan fingerprint density at radius 1 is 1.33 bits per heavy atom. The molecule has 6 heteroatoms. The van der Waals surface area contributed by atoms with Crippen molar-refractivity contribution in [2.24, 2.45) is 5.41 Å². The molecule has 3 rings (SSSR count). The van der Waals surface area contributed by atoms with E-state index in [1.807, 2.05) is 32.9 Å². The maximum atomic E-state index is 12.9. The van der Waals surface area contributed by atoms with E-state index in [2.05, 4.69) is 10.8 Å². The number of aliphatic hydroxyl groups is 1. The molecule has 27 heavy (non-hydrogen) atoms. The van der Waals surface area contributed by atoms with Crippen LogP contribution in [0.4, 0.5) is 4.39 Å². The molecular formula is C21H32FNO3S. The van der Waals surface area contributed by atoms with Crippen LogP contribution in [0.3, 0.4) is 0 Å². The molecule has 0 aliphatic heterocycles. The van der Waals surface area contributed by atoms with Crippen LogP contribution in [0.5, 0.6) is 5.75 Å². The van der Waals surface area contributed by atoms with Crippen molar-refractivity contribution in [3.05, 3.63) is 29.3 Å². The van der Waals surface area contributed by atoms with Crippen molar-refractivity contribution in [1.29, 1.82) is 0 Å². The van der Waals surface area contributed by atoms with Crippen LogP contribution < -0.4 is 9.46 Å². The molecule has 2 atom stereocenters. The van der Waals surface area contributed by atoms with Crippen molar-refractivity contribution in [2.45, 2.75) is 76.2 Å². The number of hydrogen-bond acceptors (Lipinski definition) is 3. The van der Waals surface area contributed by atoms with E-state index in [1.54, 1.807) is 0 Å². The Hall–Kier alpha value is -0.980. The molecule has 1 fully saturated rings. The van der Waals surface area contributed by atoms with Gasteiger partial charge in [-0.3, -0.25) is 4.39 Å². The molecule has 0 saturated heterocycles. The second kappa shape index (κ2) is 8.18. The number of benzene rings is 1. The first kappa shape index (κ1) is 20.7. The van der Waals surface area contributed by atoms with Crippen LogP contribution in [0.15, 0.2) is 18.2 Å². The largest absolute Gasteiger partial charge is 0.493 e. The Balaban J connectivity index is 1.89. The first-order chi connectivity index (χ1) is 12.7. The molecule has 2 aliphatic carbocycles. The van der Waals surface area contributed by atoms with E-state index in [0.717, 1.165) is 43.4 Å². The highest BCUT2D eigenvalue weighted by Crippen LogP contribution is 2.55. The topological polar surface area (TPSA) is 58.6 Å². The summed E-state index contributed by atoms with van der Waals surface area (Å²) >= 11 is 0. The van der Waals surface area contributed by atoms with Crippen molar-refractivity contribution >= 4 is 11.0 Å². The maximum absolute atomic E-state index is 12.9. The molecule has 152 valence electrons. The molecule has 1 saturated carbocycles. The Bertz CT molecular complexity index is 680. The molecule has 0 aromatic heterocycles. The van der Waals surface area contributed by atoms with E-state index in [4.69, 9.17) is 4.74 Å². The molecule has 1 spiro atoms. The van der Waals surface area contributed by atoms with Gasteiger partial charge in [0.25, 0.3) is 0 Å². The third kappa shape index (κ3) is 4.54. The smallest absolute Gasteiger partial charge is 0.119 e. The zero-order chi connectivity index (χ0) is 19.7. The van der Waals surface area contributed by atoms with Gasteiger partial charge in [0.1, 0.15) is 5.75 Å². The fourth-order valence-corrected chi connectivity index (χ4v) is 5.21. The predicted octanol–water partition coefficient (Wildman–Crippen LogP) is 4.00. The van der Waals surface area contributed by atoms with Gasteiger partial charge in [-0.1, -0.05) is 6.07 Å². The van der Waals surface area contributed by atoms with Gasteiger partial charge in [-0.15, -0.1) is 0 Å². The monoisotopic (exact) mass is 397 g/mol. The van der Waals surface area contributed by atoms with E-state index < -0.39 is 11.0 Å². The van der Waals surface area contributed by atoms with Gasteiger partial charge in [-0.2, -0.15) is 0 Å². The highest BCUT2D eigenvalue weighted by Gasteiger charge is 2.49. The van der Waals surface area contributed by atoms with Crippen LogP contribution in [0.25, 0.3) is 0 Å². The summed E-state index contributed by atoms with van der Waals surface area (Å²) in [5, 5.41) is 10.0. The highest BCUT2D eigenvalue weighted by molar-refractivity contribution is 7.84. The summed E-state index contributed by atoms with van der Waals surface area (Å²) in [6.07, 6.45) is 4.49. The number of aliphatic hydroxyl groups excluding tert-OH is 1. The van der Waals surface area contributed by atoms with E-state index in [-0.39, 0.29) is 29.0 Å². The lowest BCUT2D eigenvalue weighted by Crippen LogP contribution is -2.44. The van der Waals surface area contributed by atoms with Gasteiger partial charge in [-0.05, 0) is 81.5 Å². The molecule has 2 aliphatic rings. The SMILES string of the molecule is CC(C)(C)S(=O)NC1c2cc(OCCCF)ccc2CC12CCC(O)CC2. The Morgan fingerprint density at radius 3 is 2.67 bits per heavy atom. The van der Waals surface area contributed by atoms with Gasteiger partial charge in [0.2, 0.25) is 0 Å². The lowest BCUT2D eigenvalue weighted by molar-refractivity contribution is 0.0507. The Kier molecular flexibility index (Phi) is 6.28. The summed E-state index contributed by atoms with van der Waals surface area (Å²) in [7, 11) is -1.19. The summed E-state index contributed by atoms with van der Waals surface area (Å²) in [6.45, 7) is 5.89. The molecule has 1 aromatic rings. The fraction of sp³-hybridized carbons (Fsp3) is 0.714. The Morgan fingerprint density at radius 2 is 2.04 bits per heavy atom. The van der Waals surface area contributed by atoms with Crippen molar-refractivity contribution < 1.29 is 18.4 Å². The third-order valence-corrected chi connectivity index (χ3v) is 7.42. The van der Waals surface area contributed by atoms with Gasteiger partial charge >= 0.3 is 0 Å². The van der Waals surface area contributed by atoms with Gasteiger partial charge in [-0.25, -0.2) is 8.93 Å². The lowest BCUT2D eigenvalue weighted by atomic mass is 9.69. The average molecular weight is 398 g/mol. The van der Waals surface area contributed by atoms with Crippen LogP contribution in [0.2, 0.25) is 0 Å². The summed E-state index contributed by atoms with van der Waals surface area (Å²) < 4.78 is 34.0. The fourth-order valence-electron chi connectivity index (χ4n) is 4.26. The first-order valence-corrected chi connectivity index (χ1v) is 11.1. The zero-order valence-electron chi connectivity index (χ0n) is 16.6. The minimum Gasteiger partial charge on any atom is -0.493 e. The van der Waals surface area contributed by atoms with E-state index >= 15 is 0 Å². The van der Waals surface area contributed by atoms with Gasteiger partial charge in [0.05, 0.1) is 41.2 Å². The number of fused-ring (bicyclic) bond motifs is 1. The average Bonchev–Trinajstić information content (AvgIpc) is 2.90. The summed E-state index contributed by atoms with van der Waals surface area (Å²) in [5.41, 5.74) is 2.38. The molecule has 0 radical (unpaired) electrons. The lowest BCUT2D eigenvalue weighted by Gasteiger charge is -2.41. The number of hydrogen-bond donors (Lipinski definition) is 2. The summed E-state index contributed by atoms with van der Waals surface area (Å²) in [5.74, 6) is 0.739. The summed E-state index contributed by atoms with van der Waals surface area (Å²) in [6, 6.07) is 6.05.